The number of hydrogen-bond donors (Lipinski definition) is 3. The van der Waals surface area contributed by atoms with Crippen molar-refractivity contribution < 1.29 is 40.7 Å². The highest BCUT2D eigenvalue weighted by atomic mass is 19.4. The lowest BCUT2D eigenvalue weighted by Crippen LogP contribution is -2.39. The zero-order valence-electron chi connectivity index (χ0n) is 20.2. The molecular weight excluding hydrogens is 516 g/mol. The van der Waals surface area contributed by atoms with Crippen LogP contribution in [0.1, 0.15) is 48.5 Å². The zero-order chi connectivity index (χ0) is 27.7. The molecule has 4 rings (SSSR count). The Labute approximate surface area is 214 Å². The number of rotatable bonds is 7. The van der Waals surface area contributed by atoms with Crippen molar-refractivity contribution in [3.05, 3.63) is 76.6 Å². The molecule has 2 aromatic rings. The van der Waals surface area contributed by atoms with Gasteiger partial charge in [0, 0.05) is 31.1 Å². The van der Waals surface area contributed by atoms with Crippen molar-refractivity contribution in [3.8, 4) is 0 Å². The van der Waals surface area contributed by atoms with Crippen LogP contribution in [-0.4, -0.2) is 31.1 Å². The average Bonchev–Trinajstić information content (AvgIpc) is 3.68. The molecule has 0 bridgehead atoms. The van der Waals surface area contributed by atoms with Gasteiger partial charge in [-0.15, -0.1) is 0 Å². The molecule has 3 atom stereocenters. The number of benzene rings is 2. The minimum Gasteiger partial charge on any atom is -0.498 e. The molecule has 0 aromatic heterocycles. The van der Waals surface area contributed by atoms with Gasteiger partial charge >= 0.3 is 18.4 Å². The molecule has 2 amide bonds. The van der Waals surface area contributed by atoms with Crippen LogP contribution >= 0.6 is 0 Å². The fourth-order valence-corrected chi connectivity index (χ4v) is 4.37. The summed E-state index contributed by atoms with van der Waals surface area (Å²) in [5.74, 6) is -2.94. The summed E-state index contributed by atoms with van der Waals surface area (Å²) in [5, 5.41) is 8.01. The highest BCUT2D eigenvalue weighted by molar-refractivity contribution is 5.99. The summed E-state index contributed by atoms with van der Waals surface area (Å²) >= 11 is 0. The first kappa shape index (κ1) is 27.5. The molecule has 1 heterocycles. The van der Waals surface area contributed by atoms with E-state index in [2.05, 4.69) is 16.0 Å². The maximum absolute atomic E-state index is 13.5. The van der Waals surface area contributed by atoms with Gasteiger partial charge in [-0.05, 0) is 36.2 Å². The van der Waals surface area contributed by atoms with Crippen molar-refractivity contribution in [2.45, 2.75) is 44.2 Å². The van der Waals surface area contributed by atoms with Gasteiger partial charge in [0.2, 0.25) is 0 Å². The molecule has 0 radical (unpaired) electrons. The Morgan fingerprint density at radius 3 is 2.34 bits per heavy atom. The van der Waals surface area contributed by atoms with Gasteiger partial charge in [-0.2, -0.15) is 26.3 Å². The first-order chi connectivity index (χ1) is 17.9. The number of nitrogens with one attached hydrogen (secondary N) is 3. The van der Waals surface area contributed by atoms with Crippen LogP contribution in [-0.2, 0) is 15.7 Å². The summed E-state index contributed by atoms with van der Waals surface area (Å²) in [6.45, 7) is 2.34. The predicted molar refractivity (Wildman–Crippen MR) is 126 cm³/mol. The highest BCUT2D eigenvalue weighted by Crippen LogP contribution is 2.42. The van der Waals surface area contributed by atoms with Crippen molar-refractivity contribution in [2.24, 2.45) is 5.92 Å². The van der Waals surface area contributed by atoms with E-state index in [1.54, 1.807) is 31.2 Å². The number of anilines is 1. The summed E-state index contributed by atoms with van der Waals surface area (Å²) in [5.41, 5.74) is 0.103. The third-order valence-electron chi connectivity index (χ3n) is 6.34. The molecular formula is C26H25F6N3O3. The van der Waals surface area contributed by atoms with E-state index in [1.807, 2.05) is 0 Å². The summed E-state index contributed by atoms with van der Waals surface area (Å²) < 4.78 is 85.1. The van der Waals surface area contributed by atoms with Gasteiger partial charge in [-0.1, -0.05) is 30.3 Å². The molecule has 204 valence electrons. The molecule has 0 saturated carbocycles. The van der Waals surface area contributed by atoms with Crippen LogP contribution in [0.4, 0.5) is 36.8 Å². The molecule has 12 heteroatoms. The minimum atomic E-state index is -4.63. The Morgan fingerprint density at radius 1 is 1.08 bits per heavy atom. The van der Waals surface area contributed by atoms with E-state index in [-0.39, 0.29) is 29.7 Å². The summed E-state index contributed by atoms with van der Waals surface area (Å²) in [7, 11) is 0. The van der Waals surface area contributed by atoms with Crippen LogP contribution in [0.3, 0.4) is 0 Å². The van der Waals surface area contributed by atoms with Crippen LogP contribution in [0, 0.1) is 5.92 Å². The van der Waals surface area contributed by atoms with Gasteiger partial charge in [0.25, 0.3) is 0 Å². The van der Waals surface area contributed by atoms with E-state index < -0.39 is 54.5 Å². The van der Waals surface area contributed by atoms with E-state index in [0.717, 1.165) is 30.3 Å². The van der Waals surface area contributed by atoms with Crippen LogP contribution in [0.5, 0.6) is 0 Å². The Hall–Kier alpha value is -3.54. The number of ketones is 1. The molecule has 1 aliphatic heterocycles. The van der Waals surface area contributed by atoms with Gasteiger partial charge in [0.1, 0.15) is 5.76 Å². The standard InChI is InChI=1S/C26H25F6N3O3/c1-2-38-21-12-17(26(30,31)32)11-20(36)22(21)23(15-8-6-14(7-9-15)19-13-33-19)35-24(37)34-18-5-3-4-16(10-18)25(27,28)29/h3-10,17,19,23,33H,2,11-13H2,1H3,(H2,34,35,37). The Kier molecular flexibility index (Phi) is 7.73. The quantitative estimate of drug-likeness (QED) is 0.294. The lowest BCUT2D eigenvalue weighted by molar-refractivity contribution is -0.181. The number of allylic oxidation sites excluding steroid dienone is 1. The summed E-state index contributed by atoms with van der Waals surface area (Å²) in [6.07, 6.45) is -10.6. The maximum atomic E-state index is 13.5. The molecule has 2 aromatic carbocycles. The molecule has 2 aliphatic rings. The summed E-state index contributed by atoms with van der Waals surface area (Å²) in [6, 6.07) is 8.82. The van der Waals surface area contributed by atoms with Gasteiger partial charge < -0.3 is 20.7 Å². The maximum Gasteiger partial charge on any atom is 0.416 e. The van der Waals surface area contributed by atoms with Gasteiger partial charge in [0.05, 0.1) is 29.7 Å². The second-order valence-corrected chi connectivity index (χ2v) is 9.08. The van der Waals surface area contributed by atoms with E-state index in [4.69, 9.17) is 4.74 Å². The zero-order valence-corrected chi connectivity index (χ0v) is 20.2. The molecule has 1 aliphatic carbocycles. The van der Waals surface area contributed by atoms with Crippen molar-refractivity contribution >= 4 is 17.5 Å². The van der Waals surface area contributed by atoms with Crippen molar-refractivity contribution in [2.75, 3.05) is 18.5 Å². The number of hydrogen-bond acceptors (Lipinski definition) is 4. The Bertz CT molecular complexity index is 1220. The third-order valence-corrected chi connectivity index (χ3v) is 6.34. The van der Waals surface area contributed by atoms with Gasteiger partial charge in [-0.3, -0.25) is 4.79 Å². The predicted octanol–water partition coefficient (Wildman–Crippen LogP) is 6.04. The molecule has 1 fully saturated rings. The number of ether oxygens (including phenoxy) is 1. The van der Waals surface area contributed by atoms with Crippen LogP contribution in [0.25, 0.3) is 0 Å². The lowest BCUT2D eigenvalue weighted by atomic mass is 9.81. The fourth-order valence-electron chi connectivity index (χ4n) is 4.37. The normalized spacial score (nSPS) is 20.7. The highest BCUT2D eigenvalue weighted by Gasteiger charge is 2.46. The van der Waals surface area contributed by atoms with Crippen LogP contribution in [0.2, 0.25) is 0 Å². The Balaban J connectivity index is 1.68. The second kappa shape index (κ2) is 10.7. The minimum absolute atomic E-state index is 0.00781. The number of halogens is 6. The molecule has 6 nitrogen and oxygen atoms in total. The van der Waals surface area contributed by atoms with E-state index in [0.29, 0.717) is 5.56 Å². The third kappa shape index (κ3) is 6.47. The number of alkyl halides is 6. The molecule has 0 spiro atoms. The smallest absolute Gasteiger partial charge is 0.416 e. The summed E-state index contributed by atoms with van der Waals surface area (Å²) in [4.78, 5) is 26.0. The topological polar surface area (TPSA) is 89.4 Å². The number of amides is 2. The number of Topliss-reactive ketones (excluding diaryl/α,β-unsaturated/α-hetero) is 1. The Morgan fingerprint density at radius 2 is 1.76 bits per heavy atom. The van der Waals surface area contributed by atoms with E-state index >= 15 is 0 Å². The van der Waals surface area contributed by atoms with E-state index in [9.17, 15) is 35.9 Å². The first-order valence-electron chi connectivity index (χ1n) is 11.9. The van der Waals surface area contributed by atoms with Crippen molar-refractivity contribution in [1.29, 1.82) is 0 Å². The number of carbonyl (C=O) groups is 2. The second-order valence-electron chi connectivity index (χ2n) is 9.08. The average molecular weight is 541 g/mol. The monoisotopic (exact) mass is 541 g/mol. The lowest BCUT2D eigenvalue weighted by Gasteiger charge is -2.31. The molecule has 3 N–H and O–H groups in total. The van der Waals surface area contributed by atoms with Crippen LogP contribution in [0.15, 0.2) is 59.9 Å². The molecule has 1 saturated heterocycles. The number of urea groups is 1. The van der Waals surface area contributed by atoms with Crippen molar-refractivity contribution in [1.82, 2.24) is 10.6 Å². The molecule has 38 heavy (non-hydrogen) atoms. The van der Waals surface area contributed by atoms with Gasteiger partial charge in [0.15, 0.2) is 5.78 Å². The fraction of sp³-hybridized carbons (Fsp3) is 0.385. The first-order valence-corrected chi connectivity index (χ1v) is 11.9. The molecule has 3 unspecified atom stereocenters. The van der Waals surface area contributed by atoms with E-state index in [1.165, 1.54) is 6.07 Å². The SMILES string of the molecule is CCOC1=C(C(NC(=O)Nc2cccc(C(F)(F)F)c2)c2ccc(C3CN3)cc2)C(=O)CC(C(F)(F)F)C1. The van der Waals surface area contributed by atoms with Crippen molar-refractivity contribution in [3.63, 3.8) is 0 Å². The number of carbonyl (C=O) groups excluding carboxylic acids is 2. The van der Waals surface area contributed by atoms with Crippen LogP contribution < -0.4 is 16.0 Å². The van der Waals surface area contributed by atoms with Gasteiger partial charge in [-0.25, -0.2) is 4.79 Å². The largest absolute Gasteiger partial charge is 0.498 e.